The lowest BCUT2D eigenvalue weighted by Crippen LogP contribution is -2.25. The van der Waals surface area contributed by atoms with E-state index in [2.05, 4.69) is 15.3 Å². The number of nitrogens with zero attached hydrogens (tertiary/aromatic N) is 5. The highest BCUT2D eigenvalue weighted by atomic mass is 35.5. The first-order chi connectivity index (χ1) is 20.0. The number of esters is 1. The van der Waals surface area contributed by atoms with Crippen molar-refractivity contribution in [3.8, 4) is 22.6 Å². The van der Waals surface area contributed by atoms with Gasteiger partial charge in [-0.15, -0.1) is 5.10 Å². The van der Waals surface area contributed by atoms with E-state index in [9.17, 15) is 22.8 Å². The summed E-state index contributed by atoms with van der Waals surface area (Å²) in [6.45, 7) is 1.90. The minimum atomic E-state index is -4.68. The summed E-state index contributed by atoms with van der Waals surface area (Å²) in [5, 5.41) is 8.70. The van der Waals surface area contributed by atoms with E-state index in [1.807, 2.05) is 13.0 Å². The van der Waals surface area contributed by atoms with Gasteiger partial charge in [-0.25, -0.2) is 9.48 Å². The van der Waals surface area contributed by atoms with Crippen LogP contribution in [0.15, 0.2) is 71.9 Å². The number of carbonyl (C=O) groups excluding carboxylic acids is 1. The highest BCUT2D eigenvalue weighted by Gasteiger charge is 2.35. The summed E-state index contributed by atoms with van der Waals surface area (Å²) in [6, 6.07) is 12.3. The third-order valence-electron chi connectivity index (χ3n) is 6.77. The summed E-state index contributed by atoms with van der Waals surface area (Å²) >= 11 is 6.25. The maximum atomic E-state index is 13.6. The summed E-state index contributed by atoms with van der Waals surface area (Å²) in [4.78, 5) is 30.0. The molecule has 5 rings (SSSR count). The SMILES string of the molecule is CCC(c1cc2ccc(C(=O)OC)cc2cn1)n1cc(OC)c(-c2cc(Cl)ccc2-n2cc(C(F)(F)F)nn2)cc1=O. The Morgan fingerprint density at radius 3 is 2.48 bits per heavy atom. The summed E-state index contributed by atoms with van der Waals surface area (Å²) in [5.41, 5.74) is 0.273. The third-order valence-corrected chi connectivity index (χ3v) is 7.01. The van der Waals surface area contributed by atoms with Crippen LogP contribution in [0, 0.1) is 0 Å². The molecule has 0 saturated heterocycles. The van der Waals surface area contributed by atoms with Crippen LogP contribution >= 0.6 is 11.6 Å². The van der Waals surface area contributed by atoms with Gasteiger partial charge in [-0.05, 0) is 48.2 Å². The Hall–Kier alpha value is -4.71. The summed E-state index contributed by atoms with van der Waals surface area (Å²) in [7, 11) is 2.73. The number of benzene rings is 2. The molecule has 0 aliphatic carbocycles. The molecule has 42 heavy (non-hydrogen) atoms. The van der Waals surface area contributed by atoms with E-state index in [4.69, 9.17) is 21.1 Å². The molecule has 9 nitrogen and oxygen atoms in total. The zero-order valence-corrected chi connectivity index (χ0v) is 23.3. The number of hydrogen-bond acceptors (Lipinski definition) is 7. The normalized spacial score (nSPS) is 12.4. The van der Waals surface area contributed by atoms with Crippen LogP contribution in [0.1, 0.15) is 41.1 Å². The van der Waals surface area contributed by atoms with E-state index in [1.54, 1.807) is 24.4 Å². The van der Waals surface area contributed by atoms with Crippen LogP contribution in [-0.4, -0.2) is 44.7 Å². The molecule has 1 atom stereocenters. The quantitative estimate of drug-likeness (QED) is 0.209. The molecule has 0 radical (unpaired) electrons. The van der Waals surface area contributed by atoms with Crippen LogP contribution < -0.4 is 10.3 Å². The van der Waals surface area contributed by atoms with Gasteiger partial charge in [0.05, 0.1) is 49.6 Å². The highest BCUT2D eigenvalue weighted by Crippen LogP contribution is 2.37. The largest absolute Gasteiger partial charge is 0.495 e. The first kappa shape index (κ1) is 28.8. The van der Waals surface area contributed by atoms with Crippen LogP contribution in [0.2, 0.25) is 5.02 Å². The average Bonchev–Trinajstić information content (AvgIpc) is 3.48. The van der Waals surface area contributed by atoms with E-state index >= 15 is 0 Å². The number of aromatic nitrogens is 5. The van der Waals surface area contributed by atoms with Crippen molar-refractivity contribution in [3.63, 3.8) is 0 Å². The van der Waals surface area contributed by atoms with Gasteiger partial charge in [-0.2, -0.15) is 13.2 Å². The Labute approximate surface area is 242 Å². The minimum absolute atomic E-state index is 0.215. The van der Waals surface area contributed by atoms with E-state index in [-0.39, 0.29) is 11.4 Å². The Morgan fingerprint density at radius 1 is 1.02 bits per heavy atom. The number of halogens is 4. The summed E-state index contributed by atoms with van der Waals surface area (Å²) in [6.07, 6.45) is -0.262. The molecular weight excluding hydrogens is 575 g/mol. The molecule has 0 aliphatic rings. The lowest BCUT2D eigenvalue weighted by atomic mass is 10.0. The second-order valence-electron chi connectivity index (χ2n) is 9.30. The number of alkyl halides is 3. The monoisotopic (exact) mass is 597 g/mol. The van der Waals surface area contributed by atoms with Crippen molar-refractivity contribution in [2.24, 2.45) is 0 Å². The van der Waals surface area contributed by atoms with Gasteiger partial charge in [0.1, 0.15) is 5.75 Å². The van der Waals surface area contributed by atoms with Crippen molar-refractivity contribution in [3.05, 3.63) is 99.4 Å². The molecular formula is C29H23ClF3N5O4. The van der Waals surface area contributed by atoms with E-state index in [0.717, 1.165) is 21.7 Å². The number of pyridine rings is 2. The molecule has 0 fully saturated rings. The maximum absolute atomic E-state index is 13.6. The van der Waals surface area contributed by atoms with E-state index in [1.165, 1.54) is 49.2 Å². The van der Waals surface area contributed by atoms with E-state index < -0.39 is 29.4 Å². The van der Waals surface area contributed by atoms with Gasteiger partial charge in [0.25, 0.3) is 5.56 Å². The number of methoxy groups -OCH3 is 2. The van der Waals surface area contributed by atoms with Gasteiger partial charge in [0.2, 0.25) is 0 Å². The average molecular weight is 598 g/mol. The van der Waals surface area contributed by atoms with Gasteiger partial charge < -0.3 is 14.0 Å². The van der Waals surface area contributed by atoms with Gasteiger partial charge in [0, 0.05) is 33.8 Å². The van der Waals surface area contributed by atoms with Gasteiger partial charge in [-0.3, -0.25) is 9.78 Å². The van der Waals surface area contributed by atoms with Crippen LogP contribution in [0.3, 0.4) is 0 Å². The van der Waals surface area contributed by atoms with Gasteiger partial charge in [-0.1, -0.05) is 29.8 Å². The fraction of sp³-hybridized carbons (Fsp3) is 0.207. The smallest absolute Gasteiger partial charge is 0.436 e. The van der Waals surface area contributed by atoms with Crippen molar-refractivity contribution in [2.75, 3.05) is 14.2 Å². The molecule has 13 heteroatoms. The summed E-state index contributed by atoms with van der Waals surface area (Å²) in [5.74, 6) is -0.185. The first-order valence-corrected chi connectivity index (χ1v) is 13.0. The van der Waals surface area contributed by atoms with Crippen molar-refractivity contribution in [1.82, 2.24) is 24.5 Å². The molecule has 0 saturated carbocycles. The van der Waals surface area contributed by atoms with Crippen molar-refractivity contribution in [2.45, 2.75) is 25.6 Å². The Balaban J connectivity index is 1.59. The predicted molar refractivity (Wildman–Crippen MR) is 149 cm³/mol. The van der Waals surface area contributed by atoms with Crippen LogP contribution in [0.4, 0.5) is 13.2 Å². The fourth-order valence-electron chi connectivity index (χ4n) is 4.71. The van der Waals surface area contributed by atoms with Gasteiger partial charge >= 0.3 is 12.1 Å². The lowest BCUT2D eigenvalue weighted by Gasteiger charge is -2.21. The number of carbonyl (C=O) groups is 1. The van der Waals surface area contributed by atoms with E-state index in [0.29, 0.717) is 33.8 Å². The molecule has 1 unspecified atom stereocenters. The van der Waals surface area contributed by atoms with Crippen molar-refractivity contribution >= 4 is 28.3 Å². The number of ether oxygens (including phenoxy) is 2. The number of fused-ring (bicyclic) bond motifs is 1. The molecule has 0 bridgehead atoms. The van der Waals surface area contributed by atoms with Crippen LogP contribution in [0.5, 0.6) is 5.75 Å². The summed E-state index contributed by atoms with van der Waals surface area (Å²) < 4.78 is 52.5. The third kappa shape index (κ3) is 5.45. The molecule has 0 spiro atoms. The molecule has 0 aliphatic heterocycles. The molecule has 2 aromatic carbocycles. The highest BCUT2D eigenvalue weighted by molar-refractivity contribution is 6.31. The van der Waals surface area contributed by atoms with Crippen LogP contribution in [-0.2, 0) is 10.9 Å². The molecule has 3 aromatic heterocycles. The predicted octanol–water partition coefficient (Wildman–Crippen LogP) is 6.11. The lowest BCUT2D eigenvalue weighted by molar-refractivity contribution is -0.141. The van der Waals surface area contributed by atoms with Crippen LogP contribution in [0.25, 0.3) is 27.6 Å². The number of rotatable bonds is 7. The Bertz CT molecular complexity index is 1870. The Morgan fingerprint density at radius 2 is 1.81 bits per heavy atom. The maximum Gasteiger partial charge on any atom is 0.436 e. The molecule has 0 amide bonds. The Kier molecular flexibility index (Phi) is 7.74. The molecule has 5 aromatic rings. The zero-order valence-electron chi connectivity index (χ0n) is 22.5. The molecule has 0 N–H and O–H groups in total. The van der Waals surface area contributed by atoms with Gasteiger partial charge in [0.15, 0.2) is 5.69 Å². The van der Waals surface area contributed by atoms with Crippen molar-refractivity contribution in [1.29, 1.82) is 0 Å². The zero-order chi connectivity index (χ0) is 30.2. The molecule has 216 valence electrons. The minimum Gasteiger partial charge on any atom is -0.495 e. The van der Waals surface area contributed by atoms with Crippen molar-refractivity contribution < 1.29 is 27.4 Å². The number of hydrogen-bond donors (Lipinski definition) is 0. The second-order valence-corrected chi connectivity index (χ2v) is 9.73. The standard InChI is InChI=1S/C29H23ClF3N5O4/c1-4-23(22-10-16-5-6-17(28(40)42-3)9-18(16)13-34-22)37-14-25(41-2)21(12-27(37)39)20-11-19(30)7-8-24(20)38-15-26(35-36-38)29(31,32)33/h5-15,23H,4H2,1-3H3. The fourth-order valence-corrected chi connectivity index (χ4v) is 4.89. The second kappa shape index (κ2) is 11.3. The topological polar surface area (TPSA) is 101 Å². The molecule has 3 heterocycles. The first-order valence-electron chi connectivity index (χ1n) is 12.6.